The standard InChI is InChI=1S/C12H12ClF2N3/c13-10-3-1-2-9(4-10)11-5-17-8-18(11)7-12(14,15)6-16/h1-5,8H,6-7,16H2. The number of aromatic nitrogens is 2. The molecular weight excluding hydrogens is 260 g/mol. The quantitative estimate of drug-likeness (QED) is 0.929. The molecule has 18 heavy (non-hydrogen) atoms. The molecule has 1 aromatic carbocycles. The van der Waals surface area contributed by atoms with Crippen molar-refractivity contribution in [2.24, 2.45) is 5.73 Å². The number of rotatable bonds is 4. The van der Waals surface area contributed by atoms with Crippen molar-refractivity contribution >= 4 is 11.6 Å². The Labute approximate surface area is 108 Å². The van der Waals surface area contributed by atoms with Crippen molar-refractivity contribution in [1.29, 1.82) is 0 Å². The minimum Gasteiger partial charge on any atom is -0.325 e. The molecule has 0 unspecified atom stereocenters. The predicted octanol–water partition coefficient (Wildman–Crippen LogP) is 2.80. The summed E-state index contributed by atoms with van der Waals surface area (Å²) in [6.07, 6.45) is 2.89. The Morgan fingerprint density at radius 2 is 2.17 bits per heavy atom. The van der Waals surface area contributed by atoms with Gasteiger partial charge in [-0.15, -0.1) is 0 Å². The van der Waals surface area contributed by atoms with Crippen molar-refractivity contribution in [3.63, 3.8) is 0 Å². The van der Waals surface area contributed by atoms with Crippen LogP contribution in [0.1, 0.15) is 0 Å². The molecule has 0 saturated carbocycles. The van der Waals surface area contributed by atoms with Crippen LogP contribution in [0.15, 0.2) is 36.8 Å². The van der Waals surface area contributed by atoms with Crippen LogP contribution in [0.5, 0.6) is 0 Å². The van der Waals surface area contributed by atoms with Crippen LogP contribution in [0.4, 0.5) is 8.78 Å². The van der Waals surface area contributed by atoms with Crippen molar-refractivity contribution in [1.82, 2.24) is 9.55 Å². The smallest absolute Gasteiger partial charge is 0.277 e. The number of alkyl halides is 2. The maximum atomic E-state index is 13.3. The van der Waals surface area contributed by atoms with Crippen molar-refractivity contribution in [3.8, 4) is 11.3 Å². The third-order valence-electron chi connectivity index (χ3n) is 2.53. The third-order valence-corrected chi connectivity index (χ3v) is 2.77. The summed E-state index contributed by atoms with van der Waals surface area (Å²) < 4.78 is 28.0. The van der Waals surface area contributed by atoms with Crippen LogP contribution in [-0.4, -0.2) is 22.0 Å². The Bertz CT molecular complexity index is 540. The maximum Gasteiger partial charge on any atom is 0.277 e. The van der Waals surface area contributed by atoms with Gasteiger partial charge in [-0.25, -0.2) is 13.8 Å². The molecule has 1 heterocycles. The van der Waals surface area contributed by atoms with Gasteiger partial charge in [-0.1, -0.05) is 23.7 Å². The van der Waals surface area contributed by atoms with Gasteiger partial charge in [-0.05, 0) is 12.1 Å². The molecule has 0 radical (unpaired) electrons. The van der Waals surface area contributed by atoms with Crippen molar-refractivity contribution < 1.29 is 8.78 Å². The SMILES string of the molecule is NCC(F)(F)Cn1cncc1-c1cccc(Cl)c1. The molecule has 3 nitrogen and oxygen atoms in total. The lowest BCUT2D eigenvalue weighted by Gasteiger charge is -2.16. The number of nitrogens with zero attached hydrogens (tertiary/aromatic N) is 2. The zero-order valence-corrected chi connectivity index (χ0v) is 10.2. The second-order valence-electron chi connectivity index (χ2n) is 3.98. The molecule has 0 amide bonds. The van der Waals surface area contributed by atoms with E-state index in [1.165, 1.54) is 17.1 Å². The molecule has 0 aliphatic rings. The van der Waals surface area contributed by atoms with Gasteiger partial charge in [0.2, 0.25) is 0 Å². The molecule has 0 bridgehead atoms. The third kappa shape index (κ3) is 2.86. The van der Waals surface area contributed by atoms with Gasteiger partial charge in [-0.3, -0.25) is 0 Å². The Morgan fingerprint density at radius 1 is 1.39 bits per heavy atom. The van der Waals surface area contributed by atoms with Crippen LogP contribution in [0.2, 0.25) is 5.02 Å². The number of nitrogens with two attached hydrogens (primary N) is 1. The Hall–Kier alpha value is -1.46. The number of hydrogen-bond acceptors (Lipinski definition) is 2. The molecule has 96 valence electrons. The lowest BCUT2D eigenvalue weighted by molar-refractivity contribution is -0.00624. The van der Waals surface area contributed by atoms with E-state index in [1.54, 1.807) is 24.3 Å². The van der Waals surface area contributed by atoms with Crippen LogP contribution in [0.25, 0.3) is 11.3 Å². The zero-order valence-electron chi connectivity index (χ0n) is 9.48. The molecule has 2 N–H and O–H groups in total. The number of hydrogen-bond donors (Lipinski definition) is 1. The van der Waals surface area contributed by atoms with Gasteiger partial charge in [0.15, 0.2) is 0 Å². The molecule has 2 aromatic rings. The second kappa shape index (κ2) is 5.04. The van der Waals surface area contributed by atoms with Gasteiger partial charge < -0.3 is 10.3 Å². The highest BCUT2D eigenvalue weighted by Crippen LogP contribution is 2.24. The highest BCUT2D eigenvalue weighted by Gasteiger charge is 2.28. The van der Waals surface area contributed by atoms with Crippen LogP contribution in [-0.2, 0) is 6.54 Å². The minimum atomic E-state index is -2.95. The highest BCUT2D eigenvalue weighted by molar-refractivity contribution is 6.30. The summed E-state index contributed by atoms with van der Waals surface area (Å²) in [6.45, 7) is -1.19. The first-order valence-electron chi connectivity index (χ1n) is 5.36. The Balaban J connectivity index is 2.33. The highest BCUT2D eigenvalue weighted by atomic mass is 35.5. The fraction of sp³-hybridized carbons (Fsp3) is 0.250. The summed E-state index contributed by atoms with van der Waals surface area (Å²) >= 11 is 5.88. The van der Waals surface area contributed by atoms with Crippen LogP contribution >= 0.6 is 11.6 Å². The second-order valence-corrected chi connectivity index (χ2v) is 4.41. The molecule has 2 rings (SSSR count). The summed E-state index contributed by atoms with van der Waals surface area (Å²) in [5.74, 6) is -2.95. The molecule has 0 atom stereocenters. The molecular formula is C12H12ClF2N3. The van der Waals surface area contributed by atoms with E-state index in [1.807, 2.05) is 0 Å². The molecule has 6 heteroatoms. The summed E-state index contributed by atoms with van der Waals surface area (Å²) in [4.78, 5) is 3.89. The van der Waals surface area contributed by atoms with E-state index in [2.05, 4.69) is 4.98 Å². The lowest BCUT2D eigenvalue weighted by Crippen LogP contribution is -2.32. The molecule has 0 spiro atoms. The first-order chi connectivity index (χ1) is 8.52. The number of benzene rings is 1. The summed E-state index contributed by atoms with van der Waals surface area (Å²) in [6, 6.07) is 6.98. The van der Waals surface area contributed by atoms with Gasteiger partial charge >= 0.3 is 0 Å². The monoisotopic (exact) mass is 271 g/mol. The largest absolute Gasteiger partial charge is 0.325 e. The topological polar surface area (TPSA) is 43.8 Å². The predicted molar refractivity (Wildman–Crippen MR) is 66.7 cm³/mol. The van der Waals surface area contributed by atoms with Crippen molar-refractivity contribution in [2.75, 3.05) is 6.54 Å². The van der Waals surface area contributed by atoms with E-state index in [-0.39, 0.29) is 0 Å². The fourth-order valence-corrected chi connectivity index (χ4v) is 1.84. The fourth-order valence-electron chi connectivity index (χ4n) is 1.65. The van der Waals surface area contributed by atoms with Crippen LogP contribution in [0.3, 0.4) is 0 Å². The Kier molecular flexibility index (Phi) is 3.63. The van der Waals surface area contributed by atoms with Gasteiger partial charge in [-0.2, -0.15) is 0 Å². The average molecular weight is 272 g/mol. The molecule has 0 aliphatic heterocycles. The molecule has 0 fully saturated rings. The van der Waals surface area contributed by atoms with Gasteiger partial charge in [0, 0.05) is 10.6 Å². The summed E-state index contributed by atoms with van der Waals surface area (Å²) in [5.41, 5.74) is 6.36. The van der Waals surface area contributed by atoms with E-state index >= 15 is 0 Å². The van der Waals surface area contributed by atoms with E-state index in [0.717, 1.165) is 5.56 Å². The minimum absolute atomic E-state index is 0.495. The van der Waals surface area contributed by atoms with E-state index in [4.69, 9.17) is 17.3 Å². The molecule has 1 aromatic heterocycles. The van der Waals surface area contributed by atoms with Gasteiger partial charge in [0.05, 0.1) is 31.3 Å². The maximum absolute atomic E-state index is 13.3. The molecule has 0 saturated heterocycles. The van der Waals surface area contributed by atoms with E-state index in [0.29, 0.717) is 10.7 Å². The summed E-state index contributed by atoms with van der Waals surface area (Å²) in [5, 5.41) is 0.547. The first kappa shape index (κ1) is 13.0. The summed E-state index contributed by atoms with van der Waals surface area (Å²) in [7, 11) is 0. The van der Waals surface area contributed by atoms with E-state index < -0.39 is 19.0 Å². The van der Waals surface area contributed by atoms with Gasteiger partial charge in [0.1, 0.15) is 0 Å². The number of imidazole rings is 1. The first-order valence-corrected chi connectivity index (χ1v) is 5.73. The van der Waals surface area contributed by atoms with Crippen molar-refractivity contribution in [2.45, 2.75) is 12.5 Å². The van der Waals surface area contributed by atoms with E-state index in [9.17, 15) is 8.78 Å². The zero-order chi connectivity index (χ0) is 13.2. The van der Waals surface area contributed by atoms with Crippen LogP contribution in [0, 0.1) is 0 Å². The normalized spacial score (nSPS) is 11.8. The average Bonchev–Trinajstić information content (AvgIpc) is 2.76. The van der Waals surface area contributed by atoms with Crippen LogP contribution < -0.4 is 5.73 Å². The number of halogens is 3. The van der Waals surface area contributed by atoms with Gasteiger partial charge in [0.25, 0.3) is 5.92 Å². The lowest BCUT2D eigenvalue weighted by atomic mass is 10.1. The molecule has 0 aliphatic carbocycles. The van der Waals surface area contributed by atoms with Crippen molar-refractivity contribution in [3.05, 3.63) is 41.8 Å². The Morgan fingerprint density at radius 3 is 2.83 bits per heavy atom.